The number of β-lactam (4-membered cyclic amide) rings is 1. The molecule has 0 spiro atoms. The van der Waals surface area contributed by atoms with Crippen LogP contribution >= 0.6 is 38.3 Å². The van der Waals surface area contributed by atoms with E-state index in [4.69, 9.17) is 14.2 Å². The van der Waals surface area contributed by atoms with Crippen molar-refractivity contribution in [3.05, 3.63) is 100 Å². The van der Waals surface area contributed by atoms with E-state index in [9.17, 15) is 38.2 Å². The van der Waals surface area contributed by atoms with Gasteiger partial charge in [0.25, 0.3) is 23.2 Å². The van der Waals surface area contributed by atoms with Gasteiger partial charge in [0.1, 0.15) is 17.7 Å². The average Bonchev–Trinajstić information content (AvgIpc) is 3.72. The van der Waals surface area contributed by atoms with Crippen LogP contribution in [0.1, 0.15) is 28.5 Å². The highest BCUT2D eigenvalue weighted by Gasteiger charge is 2.69. The molecule has 2 aliphatic heterocycles. The first-order valence-corrected chi connectivity index (χ1v) is 23.5. The van der Waals surface area contributed by atoms with Gasteiger partial charge in [-0.15, -0.1) is 41.8 Å². The van der Waals surface area contributed by atoms with Crippen LogP contribution in [0.15, 0.2) is 84.1 Å². The first-order valence-electron chi connectivity index (χ1n) is 18.6. The second-order valence-electron chi connectivity index (χ2n) is 13.1. The van der Waals surface area contributed by atoms with Crippen LogP contribution in [0, 0.1) is 0 Å². The van der Waals surface area contributed by atoms with E-state index in [-0.39, 0.29) is 36.0 Å². The molecule has 0 saturated carbocycles. The number of fused-ring (bicyclic) bond motifs is 1. The van der Waals surface area contributed by atoms with Crippen LogP contribution in [0.4, 0.5) is 9.80 Å². The molecule has 2 aliphatic rings. The highest BCUT2D eigenvalue weighted by Crippen LogP contribution is 2.78. The van der Waals surface area contributed by atoms with Crippen molar-refractivity contribution < 1.29 is 90.7 Å². The number of esters is 1. The number of thioether (sulfide) groups is 1. The van der Waals surface area contributed by atoms with E-state index in [2.05, 4.69) is 54.2 Å². The summed E-state index contributed by atoms with van der Waals surface area (Å²) >= 11 is 2.16. The van der Waals surface area contributed by atoms with Crippen molar-refractivity contribution in [1.29, 1.82) is 0 Å². The summed E-state index contributed by atoms with van der Waals surface area (Å²) in [5.74, 6) is -2.18. The molecule has 0 radical (unpaired) electrons. The summed E-state index contributed by atoms with van der Waals surface area (Å²) in [6.07, 6.45) is -2.06. The number of nitrogens with one attached hydrogen (secondary N) is 3. The molecule has 0 aliphatic carbocycles. The molecule has 23 nitrogen and oxygen atoms in total. The number of urea groups is 1. The maximum absolute atomic E-state index is 14.1. The summed E-state index contributed by atoms with van der Waals surface area (Å²) in [5.41, 5.74) is -0.406. The number of anilines is 1. The van der Waals surface area contributed by atoms with Crippen molar-refractivity contribution in [2.24, 2.45) is 0 Å². The van der Waals surface area contributed by atoms with E-state index in [1.807, 2.05) is 12.1 Å². The van der Waals surface area contributed by atoms with Crippen LogP contribution < -0.4 is 16.0 Å². The Kier molecular flexibility index (Phi) is 17.8. The van der Waals surface area contributed by atoms with Crippen molar-refractivity contribution in [2.45, 2.75) is 35.1 Å². The number of hydrogen-bond donors (Lipinski definition) is 4. The third kappa shape index (κ3) is 10.8. The molecule has 27 heteroatoms. The minimum atomic E-state index is -5.17. The third-order valence-corrected chi connectivity index (χ3v) is 16.7. The largest absolute Gasteiger partial charge is 0.463 e. The molecule has 2 atom stereocenters. The number of hydrogen-bond acceptors (Lipinski definition) is 21. The Labute approximate surface area is 373 Å². The minimum Gasteiger partial charge on any atom is -0.463 e. The molecule has 1 saturated heterocycles. The molecule has 4 N–H and O–H groups in total. The van der Waals surface area contributed by atoms with Crippen LogP contribution in [0.2, 0.25) is 0 Å². The molecular weight excluding hydrogens is 930 g/mol. The Hall–Kier alpha value is -4.56. The zero-order chi connectivity index (χ0) is 46.5. The number of rotatable bonds is 25. The Balaban J connectivity index is 1.25. The normalized spacial score (nSPS) is 17.6. The standard InChI is InChI=1S/C37H44N4O19P2S2/c1-50-37(33(45)41-30(26(21-55-23-42)22-63-34(37)41)32(44)56-31(24-12-8-6-9-13-24)25-14-10-7-11-15-25)40-28(43)20-27-16-17-29(64-27)39-35(46)38-19-18-36(47,61(48,57-51-2)58-52-3)62(49,59-53-4)60-54-5/h6-17,23,31,34,47H,18-22H2,1-5H3,(H,40,43)(H2,38,39,46)/t34-,37-/m0/s1. The predicted octanol–water partition coefficient (Wildman–Crippen LogP) is 4.28. The minimum absolute atomic E-state index is 0.110. The van der Waals surface area contributed by atoms with Gasteiger partial charge in [0.15, 0.2) is 6.10 Å². The number of carbonyl (C=O) groups excluding carboxylic acids is 5. The summed E-state index contributed by atoms with van der Waals surface area (Å²) in [6.45, 7) is -0.676. The van der Waals surface area contributed by atoms with Gasteiger partial charge in [0.05, 0.1) is 39.9 Å². The van der Waals surface area contributed by atoms with Gasteiger partial charge >= 0.3 is 27.2 Å². The highest BCUT2D eigenvalue weighted by molar-refractivity contribution is 8.00. The number of nitrogens with zero attached hydrogens (tertiary/aromatic N) is 1. The molecule has 3 aromatic rings. The molecule has 4 amide bonds. The van der Waals surface area contributed by atoms with Gasteiger partial charge in [-0.3, -0.25) is 33.7 Å². The number of thiophene rings is 1. The first-order chi connectivity index (χ1) is 30.7. The number of benzene rings is 2. The lowest BCUT2D eigenvalue weighted by Crippen LogP contribution is -2.80. The van der Waals surface area contributed by atoms with Crippen molar-refractivity contribution in [1.82, 2.24) is 15.5 Å². The molecule has 1 fully saturated rings. The zero-order valence-electron chi connectivity index (χ0n) is 34.6. The van der Waals surface area contributed by atoms with E-state index in [1.54, 1.807) is 48.5 Å². The number of carbonyl (C=O) groups is 5. The van der Waals surface area contributed by atoms with Crippen molar-refractivity contribution in [3.63, 3.8) is 0 Å². The maximum atomic E-state index is 14.1. The van der Waals surface area contributed by atoms with Crippen LogP contribution in [0.5, 0.6) is 0 Å². The Morgan fingerprint density at radius 3 is 1.97 bits per heavy atom. The Bertz CT molecular complexity index is 2160. The van der Waals surface area contributed by atoms with E-state index in [1.165, 1.54) is 31.0 Å². The molecule has 0 bridgehead atoms. The fourth-order valence-electron chi connectivity index (χ4n) is 6.45. The maximum Gasteiger partial charge on any atom is 0.428 e. The predicted molar refractivity (Wildman–Crippen MR) is 223 cm³/mol. The molecular formula is C37H44N4O19P2S2. The number of aliphatic hydroxyl groups is 1. The first kappa shape index (κ1) is 50.4. The summed E-state index contributed by atoms with van der Waals surface area (Å²) in [7, 11) is -5.52. The molecule has 348 valence electrons. The van der Waals surface area contributed by atoms with Crippen molar-refractivity contribution in [2.75, 3.05) is 59.8 Å². The number of amides is 4. The van der Waals surface area contributed by atoms with Crippen LogP contribution in [0.3, 0.4) is 0 Å². The monoisotopic (exact) mass is 974 g/mol. The Morgan fingerprint density at radius 2 is 1.45 bits per heavy atom. The highest BCUT2D eigenvalue weighted by atomic mass is 32.2. The van der Waals surface area contributed by atoms with Crippen LogP contribution in [0.25, 0.3) is 0 Å². The van der Waals surface area contributed by atoms with E-state index >= 15 is 0 Å². The van der Waals surface area contributed by atoms with Gasteiger partial charge in [-0.25, -0.2) is 29.1 Å². The molecule has 5 rings (SSSR count). The zero-order valence-corrected chi connectivity index (χ0v) is 38.1. The summed E-state index contributed by atoms with van der Waals surface area (Å²) in [4.78, 5) is 85.0. The lowest BCUT2D eigenvalue weighted by molar-refractivity contribution is -0.264. The smallest absolute Gasteiger partial charge is 0.428 e. The number of methoxy groups -OCH3 is 1. The van der Waals surface area contributed by atoms with E-state index < -0.39 is 74.3 Å². The van der Waals surface area contributed by atoms with Crippen molar-refractivity contribution in [3.8, 4) is 0 Å². The topological polar surface area (TPSA) is 281 Å². The SMILES string of the molecule is COOP(=O)(OOC)C(O)(CCNC(=O)Nc1ccc(CC(=O)N[C@]2(OC)C(=O)N3C(C(=O)OC(c4ccccc4)c4ccccc4)=C(COC=O)CS[C@H]32)s1)P(=O)(OOC)OOC. The molecule has 2 aromatic carbocycles. The second-order valence-corrected chi connectivity index (χ2v) is 19.8. The Morgan fingerprint density at radius 1 is 0.891 bits per heavy atom. The van der Waals surface area contributed by atoms with Gasteiger partial charge in [-0.2, -0.15) is 0 Å². The molecule has 0 unspecified atom stereocenters. The van der Waals surface area contributed by atoms with Crippen LogP contribution in [-0.2, 0) is 87.2 Å². The lowest BCUT2D eigenvalue weighted by atomic mass is 9.97. The fraction of sp³-hybridized carbons (Fsp3) is 0.378. The quantitative estimate of drug-likeness (QED) is 0.0175. The van der Waals surface area contributed by atoms with Crippen LogP contribution in [-0.4, -0.2) is 111 Å². The number of ether oxygens (including phenoxy) is 3. The van der Waals surface area contributed by atoms with Gasteiger partial charge in [-0.05, 0) is 23.3 Å². The molecule has 64 heavy (non-hydrogen) atoms. The van der Waals surface area contributed by atoms with Gasteiger partial charge in [0.2, 0.25) is 5.91 Å². The van der Waals surface area contributed by atoms with Crippen molar-refractivity contribution >= 4 is 73.6 Å². The summed E-state index contributed by atoms with van der Waals surface area (Å²) < 4.78 is 62.2. The lowest BCUT2D eigenvalue weighted by Gasteiger charge is -2.56. The molecule has 1 aromatic heterocycles. The molecule has 3 heterocycles. The van der Waals surface area contributed by atoms with E-state index in [0.29, 0.717) is 21.6 Å². The average molecular weight is 975 g/mol. The summed E-state index contributed by atoms with van der Waals surface area (Å²) in [5, 5.41) is 15.0. The van der Waals surface area contributed by atoms with Gasteiger partial charge < -0.3 is 30.0 Å². The van der Waals surface area contributed by atoms with E-state index in [0.717, 1.165) is 44.7 Å². The third-order valence-electron chi connectivity index (χ3n) is 9.25. The fourth-order valence-corrected chi connectivity index (χ4v) is 12.5. The summed E-state index contributed by atoms with van der Waals surface area (Å²) in [6, 6.07) is 20.1. The second kappa shape index (κ2) is 22.6. The van der Waals surface area contributed by atoms with Gasteiger partial charge in [0, 0.05) is 36.3 Å². The van der Waals surface area contributed by atoms with Gasteiger partial charge in [-0.1, -0.05) is 60.7 Å².